The number of rotatable bonds is 1. The number of nitrogens with zero attached hydrogens (tertiary/aromatic N) is 3. The van der Waals surface area contributed by atoms with Crippen LogP contribution in [-0.4, -0.2) is 5.71 Å². The van der Waals surface area contributed by atoms with Crippen LogP contribution in [0.1, 0.15) is 25.5 Å². The van der Waals surface area contributed by atoms with Crippen molar-refractivity contribution in [3.8, 4) is 6.07 Å². The van der Waals surface area contributed by atoms with E-state index in [-0.39, 0.29) is 5.92 Å². The van der Waals surface area contributed by atoms with Gasteiger partial charge < -0.3 is 4.42 Å². The molecule has 4 heteroatoms. The molecule has 0 aromatic carbocycles. The standard InChI is InChI=1S/C13H11N3O/c1-8-10(7-14)12(11-5-4-6-17-11)13(15-3)9(2)16-8/h4-6,10,12H,1-2H3. The van der Waals surface area contributed by atoms with E-state index in [1.807, 2.05) is 6.92 Å². The van der Waals surface area contributed by atoms with Crippen LogP contribution in [0.25, 0.3) is 4.85 Å². The molecule has 1 aromatic heterocycles. The summed E-state index contributed by atoms with van der Waals surface area (Å²) in [5.74, 6) is -0.102. The summed E-state index contributed by atoms with van der Waals surface area (Å²) >= 11 is 0. The van der Waals surface area contributed by atoms with Crippen molar-refractivity contribution in [2.75, 3.05) is 0 Å². The molecule has 1 aromatic rings. The molecule has 0 saturated carbocycles. The minimum Gasteiger partial charge on any atom is -0.470 e. The molecule has 0 spiro atoms. The smallest absolute Gasteiger partial charge is 0.198 e. The lowest BCUT2D eigenvalue weighted by atomic mass is 9.83. The van der Waals surface area contributed by atoms with Crippen LogP contribution >= 0.6 is 0 Å². The fourth-order valence-electron chi connectivity index (χ4n) is 2.10. The minimum atomic E-state index is -0.422. The van der Waals surface area contributed by atoms with Crippen LogP contribution in [0.4, 0.5) is 0 Å². The number of hydrogen-bond acceptors (Lipinski definition) is 3. The summed E-state index contributed by atoms with van der Waals surface area (Å²) in [5.41, 5.74) is 1.90. The molecule has 2 atom stereocenters. The number of furan rings is 1. The third-order valence-corrected chi connectivity index (χ3v) is 2.90. The van der Waals surface area contributed by atoms with Gasteiger partial charge in [0.1, 0.15) is 5.76 Å². The highest BCUT2D eigenvalue weighted by molar-refractivity contribution is 5.90. The average molecular weight is 225 g/mol. The summed E-state index contributed by atoms with van der Waals surface area (Å²) in [7, 11) is 0. The van der Waals surface area contributed by atoms with Crippen LogP contribution in [0.3, 0.4) is 0 Å². The summed E-state index contributed by atoms with van der Waals surface area (Å²) < 4.78 is 5.35. The van der Waals surface area contributed by atoms with Gasteiger partial charge in [0.05, 0.1) is 30.7 Å². The average Bonchev–Trinajstić information content (AvgIpc) is 2.81. The van der Waals surface area contributed by atoms with Crippen molar-refractivity contribution >= 4 is 5.71 Å². The third-order valence-electron chi connectivity index (χ3n) is 2.90. The summed E-state index contributed by atoms with van der Waals surface area (Å²) in [4.78, 5) is 7.78. The molecular weight excluding hydrogens is 214 g/mol. The first-order valence-electron chi connectivity index (χ1n) is 5.25. The van der Waals surface area contributed by atoms with Crippen molar-refractivity contribution in [1.82, 2.24) is 0 Å². The second kappa shape index (κ2) is 4.27. The number of allylic oxidation sites excluding steroid dienone is 2. The van der Waals surface area contributed by atoms with Crippen LogP contribution in [0.5, 0.6) is 0 Å². The Morgan fingerprint density at radius 2 is 2.29 bits per heavy atom. The minimum absolute atomic E-state index is 0.329. The first-order valence-corrected chi connectivity index (χ1v) is 5.25. The number of aliphatic imine (C=N–C) groups is 1. The van der Waals surface area contributed by atoms with E-state index in [4.69, 9.17) is 11.0 Å². The zero-order chi connectivity index (χ0) is 12.4. The highest BCUT2D eigenvalue weighted by Crippen LogP contribution is 2.39. The summed E-state index contributed by atoms with van der Waals surface area (Å²) in [6.45, 7) is 10.8. The lowest BCUT2D eigenvalue weighted by molar-refractivity contribution is 0.467. The Bertz CT molecular complexity index is 567. The maximum Gasteiger partial charge on any atom is 0.198 e. The molecule has 0 amide bonds. The van der Waals surface area contributed by atoms with E-state index in [0.717, 1.165) is 5.71 Å². The van der Waals surface area contributed by atoms with E-state index < -0.39 is 5.92 Å². The Balaban J connectivity index is 2.58. The van der Waals surface area contributed by atoms with Gasteiger partial charge in [-0.3, -0.25) is 4.99 Å². The Morgan fingerprint density at radius 1 is 1.53 bits per heavy atom. The normalized spacial score (nSPS) is 23.9. The molecule has 0 fully saturated rings. The zero-order valence-electron chi connectivity index (χ0n) is 9.64. The van der Waals surface area contributed by atoms with E-state index in [1.54, 1.807) is 25.3 Å². The molecule has 0 aliphatic carbocycles. The van der Waals surface area contributed by atoms with Gasteiger partial charge in [0.15, 0.2) is 5.70 Å². The quantitative estimate of drug-likeness (QED) is 0.689. The Labute approximate surface area is 99.7 Å². The molecule has 0 N–H and O–H groups in total. The second-order valence-electron chi connectivity index (χ2n) is 3.94. The van der Waals surface area contributed by atoms with Gasteiger partial charge in [-0.2, -0.15) is 5.26 Å². The molecule has 2 rings (SSSR count). The molecule has 0 radical (unpaired) electrons. The van der Waals surface area contributed by atoms with Gasteiger partial charge in [0.2, 0.25) is 0 Å². The van der Waals surface area contributed by atoms with Crippen LogP contribution in [-0.2, 0) is 0 Å². The predicted octanol–water partition coefficient (Wildman–Crippen LogP) is 3.13. The summed E-state index contributed by atoms with van der Waals surface area (Å²) in [5, 5.41) is 9.23. The molecule has 0 bridgehead atoms. The van der Waals surface area contributed by atoms with E-state index in [0.29, 0.717) is 17.2 Å². The summed E-state index contributed by atoms with van der Waals surface area (Å²) in [6, 6.07) is 5.77. The van der Waals surface area contributed by atoms with Gasteiger partial charge in [-0.05, 0) is 26.0 Å². The van der Waals surface area contributed by atoms with Gasteiger partial charge in [-0.1, -0.05) is 0 Å². The highest BCUT2D eigenvalue weighted by Gasteiger charge is 2.36. The molecule has 1 aliphatic rings. The van der Waals surface area contributed by atoms with Gasteiger partial charge in [0, 0.05) is 11.4 Å². The lowest BCUT2D eigenvalue weighted by Gasteiger charge is -2.24. The SMILES string of the molecule is [C-]#[N+]C1=C(C)N=C(C)C(C#N)C1c1ccco1. The van der Waals surface area contributed by atoms with Gasteiger partial charge in [-0.15, -0.1) is 0 Å². The molecular formula is C13H11N3O. The number of nitriles is 1. The van der Waals surface area contributed by atoms with Crippen molar-refractivity contribution < 1.29 is 4.42 Å². The zero-order valence-corrected chi connectivity index (χ0v) is 9.64. The van der Waals surface area contributed by atoms with E-state index >= 15 is 0 Å². The topological polar surface area (TPSA) is 53.6 Å². The maximum absolute atomic E-state index is 9.23. The Hall–Kier alpha value is -2.33. The largest absolute Gasteiger partial charge is 0.470 e. The number of hydrogen-bond donors (Lipinski definition) is 0. The first-order chi connectivity index (χ1) is 8.19. The van der Waals surface area contributed by atoms with Crippen LogP contribution in [0.15, 0.2) is 39.2 Å². The van der Waals surface area contributed by atoms with Crippen LogP contribution < -0.4 is 0 Å². The van der Waals surface area contributed by atoms with Crippen molar-refractivity contribution in [2.45, 2.75) is 19.8 Å². The van der Waals surface area contributed by atoms with Gasteiger partial charge in [0.25, 0.3) is 0 Å². The van der Waals surface area contributed by atoms with Gasteiger partial charge in [-0.25, -0.2) is 4.85 Å². The third kappa shape index (κ3) is 1.74. The Kier molecular flexibility index (Phi) is 2.80. The maximum atomic E-state index is 9.23. The Morgan fingerprint density at radius 3 is 2.82 bits per heavy atom. The predicted molar refractivity (Wildman–Crippen MR) is 63.0 cm³/mol. The lowest BCUT2D eigenvalue weighted by Crippen LogP contribution is -2.23. The molecule has 2 heterocycles. The summed E-state index contributed by atoms with van der Waals surface area (Å²) in [6.07, 6.45) is 1.56. The monoisotopic (exact) mass is 225 g/mol. The van der Waals surface area contributed by atoms with Crippen molar-refractivity contribution in [2.24, 2.45) is 10.9 Å². The molecule has 17 heavy (non-hydrogen) atoms. The van der Waals surface area contributed by atoms with Crippen molar-refractivity contribution in [3.63, 3.8) is 0 Å². The molecule has 1 aliphatic heterocycles. The molecule has 4 nitrogen and oxygen atoms in total. The van der Waals surface area contributed by atoms with E-state index in [2.05, 4.69) is 15.9 Å². The fourth-order valence-corrected chi connectivity index (χ4v) is 2.10. The molecule has 0 saturated heterocycles. The fraction of sp³-hybridized carbons (Fsp3) is 0.308. The van der Waals surface area contributed by atoms with E-state index in [9.17, 15) is 5.26 Å². The van der Waals surface area contributed by atoms with Gasteiger partial charge >= 0.3 is 0 Å². The van der Waals surface area contributed by atoms with E-state index in [1.165, 1.54) is 0 Å². The van der Waals surface area contributed by atoms with Crippen LogP contribution in [0.2, 0.25) is 0 Å². The second-order valence-corrected chi connectivity index (χ2v) is 3.94. The van der Waals surface area contributed by atoms with Crippen molar-refractivity contribution in [1.29, 1.82) is 5.26 Å². The molecule has 84 valence electrons. The first kappa shape index (κ1) is 11.2. The highest BCUT2D eigenvalue weighted by atomic mass is 16.3. The van der Waals surface area contributed by atoms with Crippen LogP contribution in [0, 0.1) is 23.8 Å². The molecule has 2 unspecified atom stereocenters. The van der Waals surface area contributed by atoms with Crippen molar-refractivity contribution in [3.05, 3.63) is 47.0 Å².